The van der Waals surface area contributed by atoms with Gasteiger partial charge in [0.05, 0.1) is 11.8 Å². The Bertz CT molecular complexity index is 1910. The molecule has 224 valence electrons. The molecule has 44 heavy (non-hydrogen) atoms. The maximum atomic E-state index is 13.5. The first-order chi connectivity index (χ1) is 21.1. The van der Waals surface area contributed by atoms with E-state index in [-0.39, 0.29) is 35.5 Å². The zero-order chi connectivity index (χ0) is 31.4. The molecule has 2 N–H and O–H groups in total. The molecule has 11 nitrogen and oxygen atoms in total. The molecule has 2 aromatic heterocycles. The van der Waals surface area contributed by atoms with E-state index in [9.17, 15) is 35.2 Å². The zero-order valence-corrected chi connectivity index (χ0v) is 23.8. The summed E-state index contributed by atoms with van der Waals surface area (Å²) in [6.45, 7) is 3.32. The standard InChI is InChI=1S/C33H28N2O9/c1-3-23-21(13-15-27(36)32(23,34(39)40)29-17-19-9-5-7-11-25(19)43-29)31(38)22-14-16-28(37)33(35(41)42,24(22)4-2)30-18-20-10-6-8-12-26(20)44-30/h5-18,23-24,36,38H,3-4H2,1-2H3. The topological polar surface area (TPSA) is 170 Å². The van der Waals surface area contributed by atoms with Crippen LogP contribution in [0.3, 0.4) is 0 Å². The van der Waals surface area contributed by atoms with E-state index in [0.717, 1.165) is 12.2 Å². The number of benzene rings is 2. The number of carbonyl (C=O) groups is 1. The summed E-state index contributed by atoms with van der Waals surface area (Å²) in [6, 6.07) is 16.6. The van der Waals surface area contributed by atoms with Crippen LogP contribution in [0.5, 0.6) is 0 Å². The number of hydrogen-bond donors (Lipinski definition) is 2. The van der Waals surface area contributed by atoms with Crippen LogP contribution in [0, 0.1) is 32.1 Å². The number of fused-ring (bicyclic) bond motifs is 2. The second-order valence-corrected chi connectivity index (χ2v) is 10.9. The summed E-state index contributed by atoms with van der Waals surface area (Å²) in [4.78, 5) is 38.1. The van der Waals surface area contributed by atoms with E-state index in [1.54, 1.807) is 62.4 Å². The maximum Gasteiger partial charge on any atom is 0.346 e. The van der Waals surface area contributed by atoms with Gasteiger partial charge in [0.1, 0.15) is 16.9 Å². The van der Waals surface area contributed by atoms with Crippen molar-refractivity contribution in [3.63, 3.8) is 0 Å². The minimum absolute atomic E-state index is 0.0443. The smallest absolute Gasteiger partial charge is 0.346 e. The van der Waals surface area contributed by atoms with E-state index >= 15 is 0 Å². The van der Waals surface area contributed by atoms with Gasteiger partial charge in [-0.15, -0.1) is 0 Å². The number of furan rings is 2. The predicted octanol–water partition coefficient (Wildman–Crippen LogP) is 7.21. The van der Waals surface area contributed by atoms with Crippen molar-refractivity contribution in [2.24, 2.45) is 11.8 Å². The molecule has 6 rings (SSSR count). The Morgan fingerprint density at radius 2 is 1.34 bits per heavy atom. The minimum atomic E-state index is -2.40. The summed E-state index contributed by atoms with van der Waals surface area (Å²) in [6.07, 6.45) is 4.96. The normalized spacial score (nSPS) is 26.5. The second-order valence-electron chi connectivity index (χ2n) is 10.9. The van der Waals surface area contributed by atoms with Crippen molar-refractivity contribution in [3.8, 4) is 0 Å². The molecule has 0 fully saturated rings. The highest BCUT2D eigenvalue weighted by Gasteiger charge is 2.64. The Kier molecular flexibility index (Phi) is 6.75. The highest BCUT2D eigenvalue weighted by Crippen LogP contribution is 2.52. The lowest BCUT2D eigenvalue weighted by Crippen LogP contribution is -2.51. The van der Waals surface area contributed by atoms with Crippen LogP contribution < -0.4 is 0 Å². The number of ketones is 1. The molecule has 2 aliphatic rings. The van der Waals surface area contributed by atoms with Gasteiger partial charge >= 0.3 is 11.1 Å². The fraction of sp³-hybridized carbons (Fsp3) is 0.242. The number of allylic oxidation sites excluding steroid dienone is 4. The molecule has 0 radical (unpaired) electrons. The van der Waals surface area contributed by atoms with Gasteiger partial charge in [0.15, 0.2) is 17.3 Å². The Balaban J connectivity index is 1.56. The van der Waals surface area contributed by atoms with Crippen LogP contribution in [0.2, 0.25) is 0 Å². The molecule has 2 aliphatic carbocycles. The number of nitro groups is 2. The van der Waals surface area contributed by atoms with Crippen LogP contribution in [0.4, 0.5) is 0 Å². The molecular formula is C33H28N2O9. The number of aliphatic hydroxyl groups is 2. The lowest BCUT2D eigenvalue weighted by molar-refractivity contribution is -0.584. The number of aliphatic hydroxyl groups excluding tert-OH is 2. The van der Waals surface area contributed by atoms with E-state index in [2.05, 4.69) is 0 Å². The Morgan fingerprint density at radius 1 is 0.818 bits per heavy atom. The maximum absolute atomic E-state index is 13.5. The minimum Gasteiger partial charge on any atom is -0.507 e. The third-order valence-electron chi connectivity index (χ3n) is 8.90. The van der Waals surface area contributed by atoms with Crippen molar-refractivity contribution in [2.75, 3.05) is 0 Å². The van der Waals surface area contributed by atoms with Gasteiger partial charge in [0.2, 0.25) is 5.78 Å². The van der Waals surface area contributed by atoms with Crippen LogP contribution in [-0.4, -0.2) is 25.8 Å². The van der Waals surface area contributed by atoms with E-state index in [4.69, 9.17) is 8.83 Å². The van der Waals surface area contributed by atoms with Crippen LogP contribution in [0.25, 0.3) is 21.9 Å². The summed E-state index contributed by atoms with van der Waals surface area (Å²) in [5.41, 5.74) is -3.85. The second kappa shape index (κ2) is 10.4. The number of carbonyl (C=O) groups excluding carboxylic acids is 1. The van der Waals surface area contributed by atoms with Gasteiger partial charge < -0.3 is 19.0 Å². The van der Waals surface area contributed by atoms with Crippen LogP contribution >= 0.6 is 0 Å². The summed E-state index contributed by atoms with van der Waals surface area (Å²) >= 11 is 0. The molecule has 0 spiro atoms. The number of para-hydroxylation sites is 2. The highest BCUT2D eigenvalue weighted by atomic mass is 16.6. The van der Waals surface area contributed by atoms with Gasteiger partial charge in [-0.1, -0.05) is 62.4 Å². The summed E-state index contributed by atoms with van der Waals surface area (Å²) in [7, 11) is 0. The molecule has 0 saturated heterocycles. The van der Waals surface area contributed by atoms with Crippen molar-refractivity contribution in [3.05, 3.63) is 139 Å². The molecule has 11 heteroatoms. The highest BCUT2D eigenvalue weighted by molar-refractivity contribution is 6.00. The lowest BCUT2D eigenvalue weighted by Gasteiger charge is -2.36. The molecule has 4 atom stereocenters. The number of nitrogens with zero attached hydrogens (tertiary/aromatic N) is 2. The van der Waals surface area contributed by atoms with Crippen LogP contribution in [0.1, 0.15) is 38.2 Å². The molecule has 0 bridgehead atoms. The first-order valence-corrected chi connectivity index (χ1v) is 14.2. The fourth-order valence-corrected chi connectivity index (χ4v) is 6.85. The molecule has 4 aromatic rings. The van der Waals surface area contributed by atoms with Crippen LogP contribution in [-0.2, 0) is 15.9 Å². The molecule has 0 saturated carbocycles. The van der Waals surface area contributed by atoms with E-state index in [1.165, 1.54) is 24.3 Å². The predicted molar refractivity (Wildman–Crippen MR) is 160 cm³/mol. The largest absolute Gasteiger partial charge is 0.507 e. The van der Waals surface area contributed by atoms with Gasteiger partial charge in [-0.25, -0.2) is 0 Å². The van der Waals surface area contributed by atoms with Gasteiger partial charge in [0.25, 0.3) is 0 Å². The SMILES string of the molecule is CCC1C(=C(O)C2=CC=C(O)C(c3cc4ccccc4o3)([N+](=O)[O-])C2CC)C=CC(=O)C1(c1cc2ccccc2o1)[N+](=O)[O-]. The first kappa shape index (κ1) is 28.7. The molecular weight excluding hydrogens is 568 g/mol. The molecule has 0 amide bonds. The zero-order valence-electron chi connectivity index (χ0n) is 23.8. The third kappa shape index (κ3) is 3.78. The summed E-state index contributed by atoms with van der Waals surface area (Å²) < 4.78 is 11.8. The van der Waals surface area contributed by atoms with Crippen molar-refractivity contribution in [2.45, 2.75) is 37.8 Å². The van der Waals surface area contributed by atoms with E-state index in [1.807, 2.05) is 0 Å². The number of rotatable bonds is 7. The average Bonchev–Trinajstić information content (AvgIpc) is 3.64. The third-order valence-corrected chi connectivity index (χ3v) is 8.90. The van der Waals surface area contributed by atoms with Crippen molar-refractivity contribution >= 4 is 27.7 Å². The monoisotopic (exact) mass is 596 g/mol. The summed E-state index contributed by atoms with van der Waals surface area (Å²) in [5, 5.41) is 50.1. The van der Waals surface area contributed by atoms with Gasteiger partial charge in [0, 0.05) is 31.8 Å². The van der Waals surface area contributed by atoms with Crippen molar-refractivity contribution < 1.29 is 33.7 Å². The summed E-state index contributed by atoms with van der Waals surface area (Å²) in [5.74, 6) is -4.54. The molecule has 2 heterocycles. The first-order valence-electron chi connectivity index (χ1n) is 14.2. The van der Waals surface area contributed by atoms with Crippen LogP contribution in [0.15, 0.2) is 116 Å². The van der Waals surface area contributed by atoms with E-state index < -0.39 is 50.1 Å². The molecule has 2 aromatic carbocycles. The number of hydrogen-bond acceptors (Lipinski definition) is 9. The molecule has 0 aliphatic heterocycles. The van der Waals surface area contributed by atoms with Gasteiger partial charge in [-0.3, -0.25) is 25.0 Å². The Hall–Kier alpha value is -5.45. The Labute approximate surface area is 250 Å². The van der Waals surface area contributed by atoms with Crippen molar-refractivity contribution in [1.29, 1.82) is 0 Å². The van der Waals surface area contributed by atoms with E-state index in [0.29, 0.717) is 21.9 Å². The Morgan fingerprint density at radius 3 is 1.84 bits per heavy atom. The lowest BCUT2D eigenvalue weighted by atomic mass is 9.66. The quantitative estimate of drug-likeness (QED) is 0.127. The van der Waals surface area contributed by atoms with Gasteiger partial charge in [-0.05, 0) is 49.3 Å². The van der Waals surface area contributed by atoms with Gasteiger partial charge in [-0.2, -0.15) is 0 Å². The fourth-order valence-electron chi connectivity index (χ4n) is 6.85. The van der Waals surface area contributed by atoms with Crippen molar-refractivity contribution in [1.82, 2.24) is 0 Å². The average molecular weight is 597 g/mol. The molecule has 4 unspecified atom stereocenters.